The molecule has 5 fully saturated rings. The fourth-order valence-electron chi connectivity index (χ4n) is 5.44. The molecule has 5 aliphatic rings. The standard InChI is InChI=1S/C18H26O4/c1-12(2)16(19)22-17-9-13-7-14(10-17)18(15(8-13)11-17)20-5-3-4-6-21-18/h13-15H,1,3-11H2,2H3. The molecular weight excluding hydrogens is 280 g/mol. The van der Waals surface area contributed by atoms with Crippen LogP contribution in [0.4, 0.5) is 0 Å². The zero-order chi connectivity index (χ0) is 15.4. The van der Waals surface area contributed by atoms with E-state index in [4.69, 9.17) is 14.2 Å². The van der Waals surface area contributed by atoms with Crippen molar-refractivity contribution >= 4 is 5.97 Å². The fourth-order valence-corrected chi connectivity index (χ4v) is 5.44. The molecule has 1 aliphatic heterocycles. The second kappa shape index (κ2) is 5.07. The number of carbonyl (C=O) groups excluding carboxylic acids is 1. The zero-order valence-corrected chi connectivity index (χ0v) is 13.4. The lowest BCUT2D eigenvalue weighted by Crippen LogP contribution is -2.66. The molecule has 0 aromatic heterocycles. The summed E-state index contributed by atoms with van der Waals surface area (Å²) in [5.74, 6) is 0.756. The van der Waals surface area contributed by atoms with E-state index < -0.39 is 5.79 Å². The number of hydrogen-bond acceptors (Lipinski definition) is 4. The van der Waals surface area contributed by atoms with E-state index in [1.54, 1.807) is 6.92 Å². The first-order valence-corrected chi connectivity index (χ1v) is 8.70. The van der Waals surface area contributed by atoms with E-state index in [0.717, 1.165) is 58.2 Å². The molecule has 4 bridgehead atoms. The van der Waals surface area contributed by atoms with Gasteiger partial charge in [0.05, 0.1) is 13.2 Å². The molecular formula is C18H26O4. The van der Waals surface area contributed by atoms with Crippen LogP contribution >= 0.6 is 0 Å². The second-order valence-electron chi connectivity index (χ2n) is 7.82. The summed E-state index contributed by atoms with van der Waals surface area (Å²) in [6, 6.07) is 0. The lowest BCUT2D eigenvalue weighted by atomic mass is 9.51. The van der Waals surface area contributed by atoms with Crippen LogP contribution in [0.25, 0.3) is 0 Å². The van der Waals surface area contributed by atoms with Crippen molar-refractivity contribution in [3.63, 3.8) is 0 Å². The Morgan fingerprint density at radius 3 is 2.23 bits per heavy atom. The molecule has 5 rings (SSSR count). The topological polar surface area (TPSA) is 44.8 Å². The summed E-state index contributed by atoms with van der Waals surface area (Å²) in [4.78, 5) is 12.1. The maximum Gasteiger partial charge on any atom is 0.333 e. The maximum absolute atomic E-state index is 12.1. The SMILES string of the molecule is C=C(C)C(=O)OC12CC3CC(C1)C1(OCCCCO1)C(C3)C2. The Bertz CT molecular complexity index is 471. The van der Waals surface area contributed by atoms with Crippen LogP contribution in [0.5, 0.6) is 0 Å². The summed E-state index contributed by atoms with van der Waals surface area (Å²) in [6.07, 6.45) is 7.26. The van der Waals surface area contributed by atoms with E-state index in [1.165, 1.54) is 0 Å². The molecule has 0 N–H and O–H groups in total. The predicted molar refractivity (Wildman–Crippen MR) is 81.1 cm³/mol. The maximum atomic E-state index is 12.1. The van der Waals surface area contributed by atoms with E-state index >= 15 is 0 Å². The van der Waals surface area contributed by atoms with Gasteiger partial charge in [-0.05, 0) is 57.8 Å². The average molecular weight is 306 g/mol. The number of hydrogen-bond donors (Lipinski definition) is 0. The first kappa shape index (κ1) is 14.7. The Hall–Kier alpha value is -0.870. The van der Waals surface area contributed by atoms with Gasteiger partial charge in [-0.2, -0.15) is 0 Å². The predicted octanol–water partition coefficient (Wildman–Crippen LogP) is 3.21. The number of esters is 1. The van der Waals surface area contributed by atoms with Crippen molar-refractivity contribution in [1.29, 1.82) is 0 Å². The smallest absolute Gasteiger partial charge is 0.333 e. The van der Waals surface area contributed by atoms with Crippen molar-refractivity contribution < 1.29 is 19.0 Å². The molecule has 1 spiro atoms. The van der Waals surface area contributed by atoms with Gasteiger partial charge in [0.2, 0.25) is 0 Å². The molecule has 2 atom stereocenters. The lowest BCUT2D eigenvalue weighted by Gasteiger charge is -2.63. The van der Waals surface area contributed by atoms with Gasteiger partial charge >= 0.3 is 5.97 Å². The molecule has 1 saturated heterocycles. The number of ether oxygens (including phenoxy) is 3. The van der Waals surface area contributed by atoms with Crippen molar-refractivity contribution in [3.05, 3.63) is 12.2 Å². The third-order valence-electron chi connectivity index (χ3n) is 6.12. The molecule has 122 valence electrons. The summed E-state index contributed by atoms with van der Waals surface area (Å²) < 4.78 is 18.5. The van der Waals surface area contributed by atoms with E-state index in [1.807, 2.05) is 0 Å². The third-order valence-corrected chi connectivity index (χ3v) is 6.12. The Balaban J connectivity index is 1.60. The van der Waals surface area contributed by atoms with Crippen LogP contribution in [0, 0.1) is 17.8 Å². The summed E-state index contributed by atoms with van der Waals surface area (Å²) in [6.45, 7) is 7.05. The largest absolute Gasteiger partial charge is 0.456 e. The first-order valence-electron chi connectivity index (χ1n) is 8.70. The highest BCUT2D eigenvalue weighted by Gasteiger charge is 2.65. The van der Waals surface area contributed by atoms with Crippen LogP contribution in [0.15, 0.2) is 12.2 Å². The summed E-state index contributed by atoms with van der Waals surface area (Å²) in [5.41, 5.74) is 0.198. The molecule has 1 heterocycles. The van der Waals surface area contributed by atoms with Gasteiger partial charge in [-0.25, -0.2) is 4.79 Å². The number of rotatable bonds is 2. The Morgan fingerprint density at radius 1 is 1.09 bits per heavy atom. The van der Waals surface area contributed by atoms with Crippen LogP contribution in [-0.2, 0) is 19.0 Å². The highest BCUT2D eigenvalue weighted by atomic mass is 16.7. The van der Waals surface area contributed by atoms with Crippen molar-refractivity contribution in [3.8, 4) is 0 Å². The first-order chi connectivity index (χ1) is 10.5. The third kappa shape index (κ3) is 2.15. The molecule has 0 amide bonds. The average Bonchev–Trinajstić information content (AvgIpc) is 2.70. The molecule has 4 aliphatic carbocycles. The Labute approximate surface area is 132 Å². The van der Waals surface area contributed by atoms with Gasteiger partial charge in [0.25, 0.3) is 0 Å². The Kier molecular flexibility index (Phi) is 3.39. The molecule has 4 saturated carbocycles. The minimum atomic E-state index is -0.396. The normalized spacial score (nSPS) is 42.1. The number of carbonyl (C=O) groups is 1. The summed E-state index contributed by atoms with van der Waals surface area (Å²) >= 11 is 0. The van der Waals surface area contributed by atoms with Crippen LogP contribution in [0.3, 0.4) is 0 Å². The molecule has 2 unspecified atom stereocenters. The van der Waals surface area contributed by atoms with Crippen molar-refractivity contribution in [2.45, 2.75) is 63.3 Å². The van der Waals surface area contributed by atoms with Crippen molar-refractivity contribution in [2.75, 3.05) is 13.2 Å². The van der Waals surface area contributed by atoms with Gasteiger partial charge in [0.15, 0.2) is 5.79 Å². The van der Waals surface area contributed by atoms with E-state index in [2.05, 4.69) is 6.58 Å². The van der Waals surface area contributed by atoms with Crippen LogP contribution in [0.1, 0.15) is 51.9 Å². The second-order valence-corrected chi connectivity index (χ2v) is 7.82. The van der Waals surface area contributed by atoms with Gasteiger partial charge in [0.1, 0.15) is 5.60 Å². The molecule has 0 aromatic carbocycles. The quantitative estimate of drug-likeness (QED) is 0.580. The molecule has 22 heavy (non-hydrogen) atoms. The van der Waals surface area contributed by atoms with E-state index in [-0.39, 0.29) is 11.6 Å². The van der Waals surface area contributed by atoms with Crippen LogP contribution in [-0.4, -0.2) is 30.6 Å². The van der Waals surface area contributed by atoms with E-state index in [9.17, 15) is 4.79 Å². The van der Waals surface area contributed by atoms with E-state index in [0.29, 0.717) is 23.3 Å². The fraction of sp³-hybridized carbons (Fsp3) is 0.833. The monoisotopic (exact) mass is 306 g/mol. The summed E-state index contributed by atoms with van der Waals surface area (Å²) in [5, 5.41) is 0. The molecule has 4 nitrogen and oxygen atoms in total. The molecule has 4 heteroatoms. The molecule has 0 radical (unpaired) electrons. The minimum absolute atomic E-state index is 0.237. The van der Waals surface area contributed by atoms with Gasteiger partial charge in [0, 0.05) is 17.4 Å². The van der Waals surface area contributed by atoms with Crippen LogP contribution in [0.2, 0.25) is 0 Å². The van der Waals surface area contributed by atoms with Gasteiger partial charge in [-0.3, -0.25) is 0 Å². The van der Waals surface area contributed by atoms with Gasteiger partial charge in [-0.15, -0.1) is 0 Å². The minimum Gasteiger partial charge on any atom is -0.456 e. The Morgan fingerprint density at radius 2 is 1.68 bits per heavy atom. The van der Waals surface area contributed by atoms with Crippen molar-refractivity contribution in [1.82, 2.24) is 0 Å². The highest BCUT2D eigenvalue weighted by molar-refractivity contribution is 5.87. The van der Waals surface area contributed by atoms with Gasteiger partial charge < -0.3 is 14.2 Å². The zero-order valence-electron chi connectivity index (χ0n) is 13.4. The lowest BCUT2D eigenvalue weighted by molar-refractivity contribution is -0.349. The van der Waals surface area contributed by atoms with Crippen LogP contribution < -0.4 is 0 Å². The highest BCUT2D eigenvalue weighted by Crippen LogP contribution is 2.63. The van der Waals surface area contributed by atoms with Crippen molar-refractivity contribution in [2.24, 2.45) is 17.8 Å². The molecule has 0 aromatic rings. The summed E-state index contributed by atoms with van der Waals surface area (Å²) in [7, 11) is 0. The van der Waals surface area contributed by atoms with Gasteiger partial charge in [-0.1, -0.05) is 6.58 Å².